The third-order valence-electron chi connectivity index (χ3n) is 11.9. The van der Waals surface area contributed by atoms with Gasteiger partial charge in [-0.25, -0.2) is 0 Å². The van der Waals surface area contributed by atoms with Gasteiger partial charge < -0.3 is 23.9 Å². The second-order valence-electron chi connectivity index (χ2n) is 15.1. The van der Waals surface area contributed by atoms with E-state index < -0.39 is 0 Å². The van der Waals surface area contributed by atoms with Crippen molar-refractivity contribution in [2.75, 3.05) is 5.73 Å². The number of rotatable bonds is 5. The van der Waals surface area contributed by atoms with Crippen molar-refractivity contribution in [3.05, 3.63) is 188 Å². The van der Waals surface area contributed by atoms with E-state index in [2.05, 4.69) is 190 Å². The van der Waals surface area contributed by atoms with Crippen LogP contribution in [-0.2, 0) is 0 Å². The van der Waals surface area contributed by atoms with Crippen molar-refractivity contribution in [2.24, 2.45) is 0 Å². The van der Waals surface area contributed by atoms with Crippen LogP contribution in [0.2, 0.25) is 0 Å². The molecule has 0 bridgehead atoms. The van der Waals surface area contributed by atoms with Crippen LogP contribution in [0.5, 0.6) is 0 Å². The number of nitrogen functional groups attached to an aromatic ring is 1. The molecular weight excluding hydrogens is 709 g/mol. The fourth-order valence-corrected chi connectivity index (χ4v) is 9.45. The highest BCUT2D eigenvalue weighted by Crippen LogP contribution is 2.42. The van der Waals surface area contributed by atoms with E-state index in [-0.39, 0.29) is 0 Å². The molecule has 8 aromatic carbocycles. The molecule has 0 amide bonds. The molecule has 5 heteroatoms. The van der Waals surface area contributed by atoms with Crippen molar-refractivity contribution in [2.45, 2.75) is 6.92 Å². The topological polar surface area (TPSA) is 54.0 Å². The van der Waals surface area contributed by atoms with Gasteiger partial charge in [0.1, 0.15) is 11.2 Å². The Hall–Kier alpha value is -7.76. The summed E-state index contributed by atoms with van der Waals surface area (Å²) in [5.74, 6) is 0. The van der Waals surface area contributed by atoms with E-state index in [0.717, 1.165) is 72.3 Å². The fraction of sp³-hybridized carbons (Fsp3) is 0.0189. The van der Waals surface area contributed by atoms with Crippen molar-refractivity contribution in [3.8, 4) is 28.2 Å². The maximum atomic E-state index is 6.73. The molecule has 0 atom stereocenters. The average molecular weight is 745 g/mol. The lowest BCUT2D eigenvalue weighted by molar-refractivity contribution is 0.669. The van der Waals surface area contributed by atoms with E-state index in [9.17, 15) is 0 Å². The van der Waals surface area contributed by atoms with E-state index >= 15 is 0 Å². The summed E-state index contributed by atoms with van der Waals surface area (Å²) in [4.78, 5) is 0. The first kappa shape index (κ1) is 32.5. The van der Waals surface area contributed by atoms with Crippen LogP contribution in [0, 0.1) is 0 Å². The number of fused-ring (bicyclic) bond motifs is 10. The Balaban J connectivity index is 1.06. The molecular formula is C53H36N4O. The van der Waals surface area contributed by atoms with Gasteiger partial charge in [-0.15, -0.1) is 0 Å². The number of allylic oxidation sites excluding steroid dienone is 1. The first-order valence-electron chi connectivity index (χ1n) is 19.8. The summed E-state index contributed by atoms with van der Waals surface area (Å²) in [6.07, 6.45) is 4.13. The molecule has 12 aromatic rings. The van der Waals surface area contributed by atoms with Gasteiger partial charge in [-0.3, -0.25) is 0 Å². The molecule has 0 spiro atoms. The molecule has 0 aliphatic rings. The normalized spacial score (nSPS) is 12.2. The van der Waals surface area contributed by atoms with Crippen molar-refractivity contribution in [1.29, 1.82) is 0 Å². The highest BCUT2D eigenvalue weighted by atomic mass is 16.3. The maximum absolute atomic E-state index is 6.73. The Bertz CT molecular complexity index is 3650. The van der Waals surface area contributed by atoms with E-state index in [1.165, 1.54) is 43.7 Å². The molecule has 0 aliphatic carbocycles. The number of hydrogen-bond acceptors (Lipinski definition) is 2. The van der Waals surface area contributed by atoms with Crippen molar-refractivity contribution < 1.29 is 4.42 Å². The summed E-state index contributed by atoms with van der Waals surface area (Å²) in [5.41, 5.74) is 21.6. The smallest absolute Gasteiger partial charge is 0.135 e. The summed E-state index contributed by atoms with van der Waals surface area (Å²) >= 11 is 0. The van der Waals surface area contributed by atoms with E-state index in [4.69, 9.17) is 10.2 Å². The lowest BCUT2D eigenvalue weighted by Gasteiger charge is -2.10. The highest BCUT2D eigenvalue weighted by Gasteiger charge is 2.20. The van der Waals surface area contributed by atoms with Crippen molar-refractivity contribution >= 4 is 88.2 Å². The predicted octanol–water partition coefficient (Wildman–Crippen LogP) is 14.0. The molecule has 0 unspecified atom stereocenters. The first-order valence-corrected chi connectivity index (χ1v) is 19.8. The van der Waals surface area contributed by atoms with Gasteiger partial charge in [0, 0.05) is 54.8 Å². The lowest BCUT2D eigenvalue weighted by atomic mass is 9.98. The van der Waals surface area contributed by atoms with Gasteiger partial charge in [0.05, 0.1) is 39.0 Å². The number of anilines is 1. The first-order chi connectivity index (χ1) is 28.7. The zero-order valence-electron chi connectivity index (χ0n) is 31.7. The van der Waals surface area contributed by atoms with Gasteiger partial charge in [0.25, 0.3) is 0 Å². The zero-order valence-corrected chi connectivity index (χ0v) is 31.7. The lowest BCUT2D eigenvalue weighted by Crippen LogP contribution is -1.98. The third-order valence-corrected chi connectivity index (χ3v) is 11.9. The number of para-hydroxylation sites is 4. The maximum Gasteiger partial charge on any atom is 0.135 e. The minimum Gasteiger partial charge on any atom is -0.456 e. The number of aromatic nitrogens is 3. The monoisotopic (exact) mass is 744 g/mol. The fourth-order valence-electron chi connectivity index (χ4n) is 9.45. The van der Waals surface area contributed by atoms with Crippen LogP contribution in [0.1, 0.15) is 12.6 Å². The van der Waals surface area contributed by atoms with E-state index in [1.54, 1.807) is 0 Å². The Labute approximate surface area is 333 Å². The van der Waals surface area contributed by atoms with E-state index in [0.29, 0.717) is 0 Å². The molecule has 0 fully saturated rings. The summed E-state index contributed by atoms with van der Waals surface area (Å²) in [5, 5.41) is 8.09. The Kier molecular flexibility index (Phi) is 6.93. The minimum atomic E-state index is 0.776. The van der Waals surface area contributed by atoms with Gasteiger partial charge in [0.2, 0.25) is 0 Å². The number of benzene rings is 8. The molecule has 12 rings (SSSR count). The molecule has 274 valence electrons. The second kappa shape index (κ2) is 12.4. The van der Waals surface area contributed by atoms with E-state index in [1.807, 2.05) is 19.1 Å². The van der Waals surface area contributed by atoms with Gasteiger partial charge in [-0.2, -0.15) is 0 Å². The van der Waals surface area contributed by atoms with Crippen LogP contribution < -0.4 is 5.73 Å². The van der Waals surface area contributed by atoms with Crippen LogP contribution in [-0.4, -0.2) is 13.7 Å². The number of furan rings is 1. The van der Waals surface area contributed by atoms with Gasteiger partial charge >= 0.3 is 0 Å². The summed E-state index contributed by atoms with van der Waals surface area (Å²) in [6, 6.07) is 63.1. The molecule has 58 heavy (non-hydrogen) atoms. The minimum absolute atomic E-state index is 0.776. The number of nitrogens with two attached hydrogens (primary N) is 1. The zero-order chi connectivity index (χ0) is 38.5. The third kappa shape index (κ3) is 4.58. The average Bonchev–Trinajstić information content (AvgIpc) is 4.00. The Morgan fingerprint density at radius 2 is 1.00 bits per heavy atom. The molecule has 5 nitrogen and oxygen atoms in total. The molecule has 0 saturated heterocycles. The van der Waals surface area contributed by atoms with Crippen LogP contribution in [0.15, 0.2) is 186 Å². The molecule has 0 aliphatic heterocycles. The van der Waals surface area contributed by atoms with Crippen LogP contribution in [0.25, 0.3) is 111 Å². The second-order valence-corrected chi connectivity index (χ2v) is 15.1. The number of hydrogen-bond donors (Lipinski definition) is 1. The standard InChI is InChI=1S/C53H36N4O/c1-2-13-49-53(54)40-18-8-11-22-46(40)57(49)36-26-29-51-43(32-36)42-31-35(25-28-50(42)58-51)56-45-21-10-7-17-39(45)52-37(19-12-23-48(52)56)33-24-27-47-41(30-33)38-16-6-9-20-44(38)55(47)34-14-4-3-5-15-34/h2-32H,54H2,1H3/b13-2-. The largest absolute Gasteiger partial charge is 0.456 e. The molecule has 4 heterocycles. The van der Waals surface area contributed by atoms with Crippen molar-refractivity contribution in [1.82, 2.24) is 13.7 Å². The van der Waals surface area contributed by atoms with Gasteiger partial charge in [-0.05, 0) is 109 Å². The summed E-state index contributed by atoms with van der Waals surface area (Å²) in [6.45, 7) is 2.03. The van der Waals surface area contributed by atoms with Gasteiger partial charge in [-0.1, -0.05) is 97.1 Å². The summed E-state index contributed by atoms with van der Waals surface area (Å²) in [7, 11) is 0. The molecule has 0 radical (unpaired) electrons. The van der Waals surface area contributed by atoms with Crippen LogP contribution in [0.3, 0.4) is 0 Å². The highest BCUT2D eigenvalue weighted by molar-refractivity contribution is 6.18. The Morgan fingerprint density at radius 3 is 1.72 bits per heavy atom. The Morgan fingerprint density at radius 1 is 0.431 bits per heavy atom. The van der Waals surface area contributed by atoms with Crippen molar-refractivity contribution in [3.63, 3.8) is 0 Å². The SMILES string of the molecule is C/C=C\c1c(N)c2ccccc2n1-c1ccc2oc3ccc(-n4c5ccccc5c5c(-c6ccc7c(c6)c6ccccc6n7-c6ccccc6)cccc54)cc3c2c1. The van der Waals surface area contributed by atoms with Crippen LogP contribution in [0.4, 0.5) is 5.69 Å². The van der Waals surface area contributed by atoms with Gasteiger partial charge in [0.15, 0.2) is 0 Å². The molecule has 2 N–H and O–H groups in total. The van der Waals surface area contributed by atoms with Crippen LogP contribution >= 0.6 is 0 Å². The predicted molar refractivity (Wildman–Crippen MR) is 244 cm³/mol. The quantitative estimate of drug-likeness (QED) is 0.191. The molecule has 4 aromatic heterocycles. The number of nitrogens with zero attached hydrogens (tertiary/aromatic N) is 3. The summed E-state index contributed by atoms with van der Waals surface area (Å²) < 4.78 is 13.5. The molecule has 0 saturated carbocycles.